The lowest BCUT2D eigenvalue weighted by atomic mass is 10.1. The summed E-state index contributed by atoms with van der Waals surface area (Å²) in [6, 6.07) is -0.00152. The third kappa shape index (κ3) is 4.77. The molecule has 0 saturated carbocycles. The van der Waals surface area contributed by atoms with Crippen molar-refractivity contribution in [1.29, 1.82) is 0 Å². The van der Waals surface area contributed by atoms with Crippen molar-refractivity contribution in [3.05, 3.63) is 12.2 Å². The highest BCUT2D eigenvalue weighted by Gasteiger charge is 2.23. The fourth-order valence-corrected chi connectivity index (χ4v) is 1.56. The van der Waals surface area contributed by atoms with Crippen molar-refractivity contribution >= 4 is 5.97 Å². The van der Waals surface area contributed by atoms with Crippen LogP contribution in [0.2, 0.25) is 0 Å². The van der Waals surface area contributed by atoms with Crippen molar-refractivity contribution in [2.24, 2.45) is 11.7 Å². The first-order valence-corrected chi connectivity index (χ1v) is 5.92. The van der Waals surface area contributed by atoms with E-state index in [4.69, 9.17) is 15.2 Å². The SMILES string of the molecule is CCCCOCCOC(=O)C1C=CC(N)C1. The number of nitrogens with two attached hydrogens (primary N) is 1. The van der Waals surface area contributed by atoms with Crippen molar-refractivity contribution in [2.45, 2.75) is 32.2 Å². The van der Waals surface area contributed by atoms with Gasteiger partial charge in [-0.15, -0.1) is 0 Å². The molecular weight excluding hydrogens is 206 g/mol. The Kier molecular flexibility index (Phi) is 6.11. The van der Waals surface area contributed by atoms with Crippen LogP contribution >= 0.6 is 0 Å². The summed E-state index contributed by atoms with van der Waals surface area (Å²) in [5.74, 6) is -0.353. The van der Waals surface area contributed by atoms with E-state index in [0.29, 0.717) is 19.6 Å². The average Bonchev–Trinajstić information content (AvgIpc) is 2.70. The van der Waals surface area contributed by atoms with Crippen LogP contribution < -0.4 is 5.73 Å². The summed E-state index contributed by atoms with van der Waals surface area (Å²) in [6.07, 6.45) is 6.50. The molecule has 0 spiro atoms. The van der Waals surface area contributed by atoms with E-state index in [2.05, 4.69) is 6.92 Å². The highest BCUT2D eigenvalue weighted by Crippen LogP contribution is 2.17. The highest BCUT2D eigenvalue weighted by molar-refractivity contribution is 5.75. The summed E-state index contributed by atoms with van der Waals surface area (Å²) >= 11 is 0. The van der Waals surface area contributed by atoms with E-state index in [1.54, 1.807) is 0 Å². The standard InChI is InChI=1S/C12H21NO3/c1-2-3-6-15-7-8-16-12(14)10-4-5-11(13)9-10/h4-5,10-11H,2-3,6-9,13H2,1H3. The summed E-state index contributed by atoms with van der Waals surface area (Å²) in [5.41, 5.74) is 5.65. The molecule has 1 rings (SSSR count). The number of ether oxygens (including phenoxy) is 2. The van der Waals surface area contributed by atoms with Crippen LogP contribution in [0.25, 0.3) is 0 Å². The Balaban J connectivity index is 2.01. The van der Waals surface area contributed by atoms with Gasteiger partial charge >= 0.3 is 5.97 Å². The Labute approximate surface area is 96.8 Å². The van der Waals surface area contributed by atoms with Gasteiger partial charge in [0.05, 0.1) is 12.5 Å². The number of esters is 1. The quantitative estimate of drug-likeness (QED) is 0.404. The molecule has 1 aliphatic carbocycles. The zero-order chi connectivity index (χ0) is 11.8. The van der Waals surface area contributed by atoms with Crippen LogP contribution in [0.15, 0.2) is 12.2 Å². The van der Waals surface area contributed by atoms with Crippen LogP contribution in [0.1, 0.15) is 26.2 Å². The molecule has 0 aromatic heterocycles. The molecule has 0 saturated heterocycles. The molecule has 1 aliphatic rings. The summed E-state index contributed by atoms with van der Waals surface area (Å²) < 4.78 is 10.4. The van der Waals surface area contributed by atoms with Crippen molar-refractivity contribution in [3.8, 4) is 0 Å². The summed E-state index contributed by atoms with van der Waals surface area (Å²) in [5, 5.41) is 0. The average molecular weight is 227 g/mol. The van der Waals surface area contributed by atoms with Crippen LogP contribution in [0.4, 0.5) is 0 Å². The van der Waals surface area contributed by atoms with Crippen molar-refractivity contribution < 1.29 is 14.3 Å². The van der Waals surface area contributed by atoms with E-state index >= 15 is 0 Å². The number of carbonyl (C=O) groups is 1. The van der Waals surface area contributed by atoms with E-state index in [0.717, 1.165) is 19.4 Å². The largest absolute Gasteiger partial charge is 0.463 e. The molecule has 0 aliphatic heterocycles. The van der Waals surface area contributed by atoms with Gasteiger partial charge in [0.1, 0.15) is 6.61 Å². The number of unbranched alkanes of at least 4 members (excludes halogenated alkanes) is 1. The van der Waals surface area contributed by atoms with Crippen LogP contribution in [0.3, 0.4) is 0 Å². The lowest BCUT2D eigenvalue weighted by molar-refractivity contribution is -0.148. The molecule has 0 aromatic rings. The molecule has 0 bridgehead atoms. The number of hydrogen-bond donors (Lipinski definition) is 1. The Morgan fingerprint density at radius 2 is 2.19 bits per heavy atom. The second-order valence-corrected chi connectivity index (χ2v) is 4.02. The topological polar surface area (TPSA) is 61.5 Å². The molecular formula is C12H21NO3. The highest BCUT2D eigenvalue weighted by atomic mass is 16.6. The first-order valence-electron chi connectivity index (χ1n) is 5.92. The zero-order valence-electron chi connectivity index (χ0n) is 9.85. The molecule has 0 heterocycles. The van der Waals surface area contributed by atoms with Gasteiger partial charge in [0, 0.05) is 12.6 Å². The minimum atomic E-state index is -0.191. The minimum absolute atomic E-state index is 0.00152. The monoisotopic (exact) mass is 227 g/mol. The van der Waals surface area contributed by atoms with Crippen molar-refractivity contribution in [3.63, 3.8) is 0 Å². The van der Waals surface area contributed by atoms with Gasteiger partial charge in [-0.3, -0.25) is 4.79 Å². The van der Waals surface area contributed by atoms with Crippen LogP contribution in [0, 0.1) is 5.92 Å². The molecule has 0 radical (unpaired) electrons. The molecule has 2 atom stereocenters. The molecule has 2 unspecified atom stereocenters. The maximum atomic E-state index is 11.5. The number of hydrogen-bond acceptors (Lipinski definition) is 4. The van der Waals surface area contributed by atoms with Crippen molar-refractivity contribution in [2.75, 3.05) is 19.8 Å². The maximum absolute atomic E-state index is 11.5. The molecule has 2 N–H and O–H groups in total. The van der Waals surface area contributed by atoms with Gasteiger partial charge in [0.25, 0.3) is 0 Å². The summed E-state index contributed by atoms with van der Waals surface area (Å²) in [4.78, 5) is 11.5. The smallest absolute Gasteiger partial charge is 0.312 e. The number of carbonyl (C=O) groups excluding carboxylic acids is 1. The van der Waals surface area contributed by atoms with E-state index in [-0.39, 0.29) is 17.9 Å². The van der Waals surface area contributed by atoms with Crippen LogP contribution in [-0.4, -0.2) is 31.8 Å². The van der Waals surface area contributed by atoms with E-state index in [1.807, 2.05) is 12.2 Å². The molecule has 4 nitrogen and oxygen atoms in total. The van der Waals surface area contributed by atoms with Gasteiger partial charge in [0.15, 0.2) is 0 Å². The van der Waals surface area contributed by atoms with Gasteiger partial charge < -0.3 is 15.2 Å². The number of rotatable bonds is 7. The van der Waals surface area contributed by atoms with Crippen molar-refractivity contribution in [1.82, 2.24) is 0 Å². The molecule has 0 aromatic carbocycles. The van der Waals surface area contributed by atoms with E-state index in [1.165, 1.54) is 0 Å². The van der Waals surface area contributed by atoms with Gasteiger partial charge in [0.2, 0.25) is 0 Å². The molecule has 4 heteroatoms. The van der Waals surface area contributed by atoms with E-state index < -0.39 is 0 Å². The lowest BCUT2D eigenvalue weighted by Crippen LogP contribution is -2.21. The van der Waals surface area contributed by atoms with Gasteiger partial charge in [-0.05, 0) is 12.8 Å². The van der Waals surface area contributed by atoms with Crippen LogP contribution in [-0.2, 0) is 14.3 Å². The Morgan fingerprint density at radius 1 is 1.38 bits per heavy atom. The summed E-state index contributed by atoms with van der Waals surface area (Å²) in [7, 11) is 0. The Hall–Kier alpha value is -0.870. The Morgan fingerprint density at radius 3 is 2.81 bits per heavy atom. The van der Waals surface area contributed by atoms with Crippen LogP contribution in [0.5, 0.6) is 0 Å². The fourth-order valence-electron chi connectivity index (χ4n) is 1.56. The summed E-state index contributed by atoms with van der Waals surface area (Å²) in [6.45, 7) is 3.66. The second kappa shape index (κ2) is 7.41. The first-order chi connectivity index (χ1) is 7.74. The third-order valence-electron chi connectivity index (χ3n) is 2.53. The molecule has 16 heavy (non-hydrogen) atoms. The normalized spacial score (nSPS) is 23.6. The maximum Gasteiger partial charge on any atom is 0.312 e. The fraction of sp³-hybridized carbons (Fsp3) is 0.750. The van der Waals surface area contributed by atoms with Gasteiger partial charge in [-0.1, -0.05) is 25.5 Å². The Bertz CT molecular complexity index is 240. The third-order valence-corrected chi connectivity index (χ3v) is 2.53. The molecule has 92 valence electrons. The lowest BCUT2D eigenvalue weighted by Gasteiger charge is -2.09. The minimum Gasteiger partial charge on any atom is -0.463 e. The van der Waals surface area contributed by atoms with E-state index in [9.17, 15) is 4.79 Å². The second-order valence-electron chi connectivity index (χ2n) is 4.02. The zero-order valence-corrected chi connectivity index (χ0v) is 9.85. The molecule has 0 fully saturated rings. The molecule has 0 amide bonds. The predicted octanol–water partition coefficient (Wildman–Crippen LogP) is 1.25. The van der Waals surface area contributed by atoms with Gasteiger partial charge in [-0.25, -0.2) is 0 Å². The van der Waals surface area contributed by atoms with Gasteiger partial charge in [-0.2, -0.15) is 0 Å². The predicted molar refractivity (Wildman–Crippen MR) is 61.9 cm³/mol. The first kappa shape index (κ1) is 13.2.